The molecule has 0 amide bonds. The second-order valence-electron chi connectivity index (χ2n) is 12.2. The van der Waals surface area contributed by atoms with Gasteiger partial charge in [0.05, 0.1) is 56.6 Å². The second-order valence-corrected chi connectivity index (χ2v) is 12.7. The fraction of sp³-hybridized carbons (Fsp3) is 0.387. The third-order valence-electron chi connectivity index (χ3n) is 8.94. The van der Waals surface area contributed by atoms with Crippen LogP contribution in [0.2, 0.25) is 5.02 Å². The number of nitrogens with one attached hydrogen (secondary N) is 2. The van der Waals surface area contributed by atoms with Gasteiger partial charge in [0.15, 0.2) is 0 Å². The predicted molar refractivity (Wildman–Crippen MR) is 156 cm³/mol. The molecule has 2 aromatic carbocycles. The summed E-state index contributed by atoms with van der Waals surface area (Å²) >= 11 is 6.67. The Morgan fingerprint density at radius 1 is 1.14 bits per heavy atom. The molecule has 3 fully saturated rings. The van der Waals surface area contributed by atoms with Gasteiger partial charge in [-0.2, -0.15) is 23.7 Å². The number of pyridine rings is 1. The van der Waals surface area contributed by atoms with Gasteiger partial charge in [0.1, 0.15) is 11.8 Å². The summed E-state index contributed by atoms with van der Waals surface area (Å²) in [5, 5.41) is 35.5. The molecule has 1 unspecified atom stereocenters. The van der Waals surface area contributed by atoms with Crippen LogP contribution in [0.1, 0.15) is 67.1 Å². The fourth-order valence-electron chi connectivity index (χ4n) is 5.95. The number of aromatic nitrogens is 4. The van der Waals surface area contributed by atoms with Crippen molar-refractivity contribution in [1.29, 1.82) is 10.5 Å². The van der Waals surface area contributed by atoms with E-state index in [1.54, 1.807) is 18.2 Å². The lowest BCUT2D eigenvalue weighted by Gasteiger charge is -2.61. The molecule has 0 saturated heterocycles. The number of rotatable bonds is 8. The summed E-state index contributed by atoms with van der Waals surface area (Å²) in [5.41, 5.74) is 1.90. The van der Waals surface area contributed by atoms with Crippen molar-refractivity contribution in [3.63, 3.8) is 0 Å². The molecule has 3 saturated carbocycles. The molecule has 3 aliphatic carbocycles. The van der Waals surface area contributed by atoms with Gasteiger partial charge in [0.2, 0.25) is 0 Å². The van der Waals surface area contributed by atoms with E-state index >= 15 is 0 Å². The van der Waals surface area contributed by atoms with Crippen LogP contribution in [0, 0.1) is 40.9 Å². The van der Waals surface area contributed by atoms with E-state index in [-0.39, 0.29) is 21.8 Å². The maximum Gasteiger partial charge on any atom is 0.395 e. The smallest absolute Gasteiger partial charge is 0.382 e. The number of nitrogens with zero attached hydrogens (tertiary/aromatic N) is 6. The van der Waals surface area contributed by atoms with E-state index in [0.717, 1.165) is 50.2 Å². The third-order valence-corrected chi connectivity index (χ3v) is 9.22. The molecular weight excluding hydrogens is 577 g/mol. The van der Waals surface area contributed by atoms with E-state index in [1.807, 2.05) is 36.0 Å². The Hall–Kier alpha value is -4.35. The molecule has 2 aromatic heterocycles. The highest BCUT2D eigenvalue weighted by Crippen LogP contribution is 2.62. The first-order chi connectivity index (χ1) is 20.4. The maximum atomic E-state index is 13.6. The molecule has 4 aromatic rings. The van der Waals surface area contributed by atoms with Crippen LogP contribution in [-0.2, 0) is 5.54 Å². The lowest BCUT2D eigenvalue weighted by molar-refractivity contribution is -0.206. The van der Waals surface area contributed by atoms with Crippen molar-refractivity contribution in [2.75, 3.05) is 17.2 Å². The van der Waals surface area contributed by atoms with Gasteiger partial charge >= 0.3 is 6.18 Å². The summed E-state index contributed by atoms with van der Waals surface area (Å²) in [5.74, 6) is 0.757. The summed E-state index contributed by atoms with van der Waals surface area (Å²) in [4.78, 5) is 4.32. The van der Waals surface area contributed by atoms with Gasteiger partial charge in [-0.15, -0.1) is 5.10 Å². The number of nitriles is 2. The Kier molecular flexibility index (Phi) is 6.78. The largest absolute Gasteiger partial charge is 0.395 e. The monoisotopic (exact) mass is 604 g/mol. The number of alkyl halides is 3. The maximum absolute atomic E-state index is 13.6. The number of benzene rings is 2. The molecule has 12 heteroatoms. The molecule has 8 nitrogen and oxygen atoms in total. The van der Waals surface area contributed by atoms with Gasteiger partial charge in [0.25, 0.3) is 0 Å². The van der Waals surface area contributed by atoms with E-state index in [4.69, 9.17) is 11.6 Å². The van der Waals surface area contributed by atoms with Crippen LogP contribution in [0.15, 0.2) is 42.7 Å². The molecule has 2 bridgehead atoms. The lowest BCUT2D eigenvalue weighted by Crippen LogP contribution is -2.59. The number of hydrogen-bond acceptors (Lipinski definition) is 7. The molecule has 3 aliphatic rings. The highest BCUT2D eigenvalue weighted by molar-refractivity contribution is 6.35. The average molecular weight is 605 g/mol. The molecule has 0 radical (unpaired) electrons. The van der Waals surface area contributed by atoms with Crippen molar-refractivity contribution < 1.29 is 13.2 Å². The lowest BCUT2D eigenvalue weighted by atomic mass is 9.50. The molecule has 43 heavy (non-hydrogen) atoms. The zero-order chi connectivity index (χ0) is 30.7. The molecule has 2 N–H and O–H groups in total. The van der Waals surface area contributed by atoms with Crippen LogP contribution in [-0.4, -0.2) is 32.7 Å². The molecular formula is C31H28ClF3N8. The van der Waals surface area contributed by atoms with Gasteiger partial charge in [-0.1, -0.05) is 28.9 Å². The minimum absolute atomic E-state index is 0.0282. The van der Waals surface area contributed by atoms with Crippen molar-refractivity contribution in [3.8, 4) is 12.1 Å². The van der Waals surface area contributed by atoms with Gasteiger partial charge in [-0.3, -0.25) is 4.98 Å². The molecule has 7 rings (SSSR count). The van der Waals surface area contributed by atoms with Crippen molar-refractivity contribution in [3.05, 3.63) is 75.7 Å². The van der Waals surface area contributed by atoms with Crippen molar-refractivity contribution in [2.24, 2.45) is 11.3 Å². The number of fused-ring (bicyclic) bond motifs is 1. The minimum Gasteiger partial charge on any atom is -0.382 e. The van der Waals surface area contributed by atoms with Crippen LogP contribution in [0.4, 0.5) is 24.5 Å². The highest BCUT2D eigenvalue weighted by atomic mass is 35.5. The Bertz CT molecular complexity index is 1810. The van der Waals surface area contributed by atoms with E-state index < -0.39 is 24.2 Å². The number of hydrogen-bond donors (Lipinski definition) is 2. The van der Waals surface area contributed by atoms with E-state index in [1.165, 1.54) is 6.20 Å². The van der Waals surface area contributed by atoms with Gasteiger partial charge < -0.3 is 10.6 Å². The highest BCUT2D eigenvalue weighted by Gasteiger charge is 2.59. The Labute approximate surface area is 251 Å². The number of halogens is 4. The standard InChI is InChI=1S/C31H28ClF3N8/c1-17-19(12-36)5-4-6-22(17)28(25-15-43(42-41-25)30-9-18(10-30)11-30)40-21-7-23-26(39-16-29(2,3)31(33,34)35)20(13-37)14-38-27(23)24(32)8-21/h4-8,14-15,18,28,40H,9-11,16H2,1-3H3,(H,38,39). The van der Waals surface area contributed by atoms with Gasteiger partial charge in [-0.25, -0.2) is 4.68 Å². The van der Waals surface area contributed by atoms with E-state index in [0.29, 0.717) is 27.8 Å². The first-order valence-corrected chi connectivity index (χ1v) is 14.3. The fourth-order valence-corrected chi connectivity index (χ4v) is 6.21. The van der Waals surface area contributed by atoms with Gasteiger partial charge in [0, 0.05) is 23.8 Å². The second kappa shape index (κ2) is 10.1. The van der Waals surface area contributed by atoms with Crippen LogP contribution in [0.25, 0.3) is 10.9 Å². The Balaban J connectivity index is 1.43. The quantitative estimate of drug-likeness (QED) is 0.218. The van der Waals surface area contributed by atoms with Crippen LogP contribution >= 0.6 is 11.6 Å². The van der Waals surface area contributed by atoms with Crippen LogP contribution in [0.5, 0.6) is 0 Å². The van der Waals surface area contributed by atoms with Crippen LogP contribution < -0.4 is 10.6 Å². The van der Waals surface area contributed by atoms with Crippen molar-refractivity contribution >= 4 is 33.9 Å². The SMILES string of the molecule is Cc1c(C#N)cccc1C(Nc1cc(Cl)c2ncc(C#N)c(NCC(C)(C)C(F)(F)F)c2c1)c1cn(C23CC(C2)C3)nn1. The third kappa shape index (κ3) is 4.82. The molecule has 2 heterocycles. The molecule has 0 spiro atoms. The molecule has 0 aliphatic heterocycles. The predicted octanol–water partition coefficient (Wildman–Crippen LogP) is 7.24. The normalized spacial score (nSPS) is 20.0. The summed E-state index contributed by atoms with van der Waals surface area (Å²) in [6.07, 6.45) is 2.05. The van der Waals surface area contributed by atoms with Gasteiger partial charge in [-0.05, 0) is 75.3 Å². The van der Waals surface area contributed by atoms with E-state index in [9.17, 15) is 23.7 Å². The summed E-state index contributed by atoms with van der Waals surface area (Å²) in [7, 11) is 0. The number of anilines is 2. The van der Waals surface area contributed by atoms with E-state index in [2.05, 4.69) is 32.0 Å². The zero-order valence-electron chi connectivity index (χ0n) is 23.7. The molecule has 220 valence electrons. The van der Waals surface area contributed by atoms with Crippen molar-refractivity contribution in [2.45, 2.75) is 57.8 Å². The summed E-state index contributed by atoms with van der Waals surface area (Å²) in [6, 6.07) is 12.6. The summed E-state index contributed by atoms with van der Waals surface area (Å²) in [6.45, 7) is 3.60. The Morgan fingerprint density at radius 2 is 1.86 bits per heavy atom. The summed E-state index contributed by atoms with van der Waals surface area (Å²) < 4.78 is 42.9. The van der Waals surface area contributed by atoms with Crippen molar-refractivity contribution in [1.82, 2.24) is 20.0 Å². The zero-order valence-corrected chi connectivity index (χ0v) is 24.5. The first kappa shape index (κ1) is 28.8. The minimum atomic E-state index is -4.46. The molecule has 1 atom stereocenters. The topological polar surface area (TPSA) is 115 Å². The average Bonchev–Trinajstić information content (AvgIpc) is 3.37. The first-order valence-electron chi connectivity index (χ1n) is 13.9. The Morgan fingerprint density at radius 3 is 2.49 bits per heavy atom. The van der Waals surface area contributed by atoms with Crippen LogP contribution in [0.3, 0.4) is 0 Å².